The first-order chi connectivity index (χ1) is 8.56. The molecule has 1 heterocycles. The zero-order valence-electron chi connectivity index (χ0n) is 9.72. The van der Waals surface area contributed by atoms with Gasteiger partial charge in [-0.1, -0.05) is 11.6 Å². The molecule has 0 bridgehead atoms. The van der Waals surface area contributed by atoms with Gasteiger partial charge in [0.05, 0.1) is 10.6 Å². The fraction of sp³-hybridized carbons (Fsp3) is 0.364. The SMILES string of the molecule is COCCC(NC(=O)c1ccncc1Cl)C(=O)O. The minimum Gasteiger partial charge on any atom is -0.480 e. The number of rotatable bonds is 6. The number of halogens is 1. The van der Waals surface area contributed by atoms with Crippen LogP contribution in [0, 0.1) is 0 Å². The molecule has 0 fully saturated rings. The quantitative estimate of drug-likeness (QED) is 0.805. The standard InChI is InChI=1S/C11H13ClN2O4/c1-18-5-3-9(11(16)17)14-10(15)7-2-4-13-6-8(7)12/h2,4,6,9H,3,5H2,1H3,(H,14,15)(H,16,17). The number of aromatic nitrogens is 1. The zero-order valence-corrected chi connectivity index (χ0v) is 10.5. The van der Waals surface area contributed by atoms with Gasteiger partial charge in [-0.3, -0.25) is 9.78 Å². The normalized spacial score (nSPS) is 11.9. The van der Waals surface area contributed by atoms with Gasteiger partial charge in [-0.05, 0) is 6.07 Å². The zero-order chi connectivity index (χ0) is 13.5. The van der Waals surface area contributed by atoms with Gasteiger partial charge >= 0.3 is 5.97 Å². The lowest BCUT2D eigenvalue weighted by Crippen LogP contribution is -2.41. The van der Waals surface area contributed by atoms with E-state index in [1.165, 1.54) is 25.6 Å². The summed E-state index contributed by atoms with van der Waals surface area (Å²) in [4.78, 5) is 26.5. The third kappa shape index (κ3) is 3.97. The predicted molar refractivity (Wildman–Crippen MR) is 64.6 cm³/mol. The molecule has 0 aromatic carbocycles. The second-order valence-electron chi connectivity index (χ2n) is 3.50. The van der Waals surface area contributed by atoms with Crippen LogP contribution in [0.1, 0.15) is 16.8 Å². The van der Waals surface area contributed by atoms with Crippen molar-refractivity contribution in [1.82, 2.24) is 10.3 Å². The van der Waals surface area contributed by atoms with Crippen molar-refractivity contribution in [2.75, 3.05) is 13.7 Å². The Morgan fingerprint density at radius 1 is 1.61 bits per heavy atom. The molecule has 0 aliphatic heterocycles. The number of hydrogen-bond donors (Lipinski definition) is 2. The van der Waals surface area contributed by atoms with Crippen molar-refractivity contribution < 1.29 is 19.4 Å². The minimum absolute atomic E-state index is 0.172. The molecule has 1 aromatic rings. The number of aliphatic carboxylic acids is 1. The van der Waals surface area contributed by atoms with E-state index in [-0.39, 0.29) is 23.6 Å². The molecule has 1 amide bonds. The highest BCUT2D eigenvalue weighted by Crippen LogP contribution is 2.13. The molecule has 0 aliphatic carbocycles. The summed E-state index contributed by atoms with van der Waals surface area (Å²) in [6.07, 6.45) is 2.91. The molecular weight excluding hydrogens is 260 g/mol. The summed E-state index contributed by atoms with van der Waals surface area (Å²) in [6.45, 7) is 0.237. The van der Waals surface area contributed by atoms with Gasteiger partial charge in [-0.2, -0.15) is 0 Å². The maximum absolute atomic E-state index is 11.8. The maximum Gasteiger partial charge on any atom is 0.326 e. The van der Waals surface area contributed by atoms with E-state index >= 15 is 0 Å². The van der Waals surface area contributed by atoms with Gasteiger partial charge in [0.2, 0.25) is 0 Å². The largest absolute Gasteiger partial charge is 0.480 e. The van der Waals surface area contributed by atoms with Crippen LogP contribution in [0.15, 0.2) is 18.5 Å². The molecule has 98 valence electrons. The van der Waals surface area contributed by atoms with E-state index in [1.807, 2.05) is 0 Å². The Morgan fingerprint density at radius 3 is 2.89 bits per heavy atom. The van der Waals surface area contributed by atoms with Gasteiger partial charge in [0.25, 0.3) is 5.91 Å². The number of pyridine rings is 1. The molecule has 6 nitrogen and oxygen atoms in total. The van der Waals surface area contributed by atoms with Gasteiger partial charge in [0, 0.05) is 32.5 Å². The lowest BCUT2D eigenvalue weighted by Gasteiger charge is -2.14. The molecule has 0 aliphatic rings. The molecule has 1 rings (SSSR count). The van der Waals surface area contributed by atoms with Crippen molar-refractivity contribution in [2.45, 2.75) is 12.5 Å². The maximum atomic E-state index is 11.8. The molecule has 0 spiro atoms. The van der Waals surface area contributed by atoms with Crippen LogP contribution in [0.3, 0.4) is 0 Å². The number of carboxylic acid groups (broad SMARTS) is 1. The van der Waals surface area contributed by atoms with Crippen molar-refractivity contribution >= 4 is 23.5 Å². The van der Waals surface area contributed by atoms with Gasteiger partial charge in [-0.15, -0.1) is 0 Å². The first kappa shape index (κ1) is 14.4. The highest BCUT2D eigenvalue weighted by molar-refractivity contribution is 6.33. The highest BCUT2D eigenvalue weighted by Gasteiger charge is 2.21. The van der Waals surface area contributed by atoms with Crippen molar-refractivity contribution in [3.63, 3.8) is 0 Å². The Kier molecular flexibility index (Phi) is 5.54. The summed E-state index contributed by atoms with van der Waals surface area (Å²) in [5.74, 6) is -1.67. The molecule has 0 radical (unpaired) electrons. The van der Waals surface area contributed by atoms with E-state index < -0.39 is 17.9 Å². The van der Waals surface area contributed by atoms with Gasteiger partial charge in [0.15, 0.2) is 0 Å². The van der Waals surface area contributed by atoms with Crippen molar-refractivity contribution in [3.8, 4) is 0 Å². The minimum atomic E-state index is -1.12. The van der Waals surface area contributed by atoms with Gasteiger partial charge in [0.1, 0.15) is 6.04 Å². The number of nitrogens with one attached hydrogen (secondary N) is 1. The Balaban J connectivity index is 2.72. The van der Waals surface area contributed by atoms with Crippen LogP contribution in [-0.2, 0) is 9.53 Å². The number of carboxylic acids is 1. The Bertz CT molecular complexity index is 439. The number of methoxy groups -OCH3 is 1. The van der Waals surface area contributed by atoms with E-state index in [0.717, 1.165) is 0 Å². The van der Waals surface area contributed by atoms with Crippen LogP contribution in [0.25, 0.3) is 0 Å². The number of carbonyl (C=O) groups is 2. The summed E-state index contributed by atoms with van der Waals surface area (Å²) in [6, 6.07) is 0.411. The molecule has 1 atom stereocenters. The van der Waals surface area contributed by atoms with E-state index in [2.05, 4.69) is 10.3 Å². The fourth-order valence-corrected chi connectivity index (χ4v) is 1.49. The van der Waals surface area contributed by atoms with Gasteiger partial charge in [-0.25, -0.2) is 4.79 Å². The molecule has 0 saturated carbocycles. The number of hydrogen-bond acceptors (Lipinski definition) is 4. The van der Waals surface area contributed by atoms with Crippen LogP contribution in [0.5, 0.6) is 0 Å². The molecule has 7 heteroatoms. The molecule has 1 aromatic heterocycles. The number of carbonyl (C=O) groups excluding carboxylic acids is 1. The summed E-state index contributed by atoms with van der Waals surface area (Å²) in [7, 11) is 1.46. The predicted octanol–water partition coefficient (Wildman–Crippen LogP) is 0.955. The molecule has 0 saturated heterocycles. The third-order valence-corrected chi connectivity index (χ3v) is 2.53. The van der Waals surface area contributed by atoms with Crippen LogP contribution in [0.4, 0.5) is 0 Å². The van der Waals surface area contributed by atoms with Crippen LogP contribution in [0.2, 0.25) is 5.02 Å². The molecule has 2 N–H and O–H groups in total. The van der Waals surface area contributed by atoms with Crippen LogP contribution in [-0.4, -0.2) is 41.7 Å². The van der Waals surface area contributed by atoms with Crippen LogP contribution >= 0.6 is 11.6 Å². The highest BCUT2D eigenvalue weighted by atomic mass is 35.5. The molecule has 1 unspecified atom stereocenters. The van der Waals surface area contributed by atoms with Crippen LogP contribution < -0.4 is 5.32 Å². The summed E-state index contributed by atoms with van der Waals surface area (Å²) < 4.78 is 4.78. The van der Waals surface area contributed by atoms with E-state index in [9.17, 15) is 9.59 Å². The Hall–Kier alpha value is -1.66. The second-order valence-corrected chi connectivity index (χ2v) is 3.91. The van der Waals surface area contributed by atoms with E-state index in [1.54, 1.807) is 0 Å². The monoisotopic (exact) mass is 272 g/mol. The lowest BCUT2D eigenvalue weighted by molar-refractivity contribution is -0.139. The summed E-state index contributed by atoms with van der Waals surface area (Å²) >= 11 is 5.79. The first-order valence-corrected chi connectivity index (χ1v) is 5.56. The topological polar surface area (TPSA) is 88.5 Å². The average molecular weight is 273 g/mol. The first-order valence-electron chi connectivity index (χ1n) is 5.18. The number of ether oxygens (including phenoxy) is 1. The van der Waals surface area contributed by atoms with Crippen molar-refractivity contribution in [2.24, 2.45) is 0 Å². The molecular formula is C11H13ClN2O4. The summed E-state index contributed by atoms with van der Waals surface area (Å²) in [5.41, 5.74) is 0.190. The summed E-state index contributed by atoms with van der Waals surface area (Å²) in [5, 5.41) is 11.5. The fourth-order valence-electron chi connectivity index (χ4n) is 1.29. The number of amides is 1. The second kappa shape index (κ2) is 6.93. The smallest absolute Gasteiger partial charge is 0.326 e. The van der Waals surface area contributed by atoms with E-state index in [4.69, 9.17) is 21.4 Å². The Labute approximate surface area is 109 Å². The lowest BCUT2D eigenvalue weighted by atomic mass is 10.2. The van der Waals surface area contributed by atoms with E-state index in [0.29, 0.717) is 0 Å². The van der Waals surface area contributed by atoms with Crippen molar-refractivity contribution in [1.29, 1.82) is 0 Å². The average Bonchev–Trinajstić information content (AvgIpc) is 2.34. The third-order valence-electron chi connectivity index (χ3n) is 2.23. The Morgan fingerprint density at radius 2 is 2.33 bits per heavy atom. The number of nitrogens with zero attached hydrogens (tertiary/aromatic N) is 1. The van der Waals surface area contributed by atoms with Crippen molar-refractivity contribution in [3.05, 3.63) is 29.0 Å². The molecule has 18 heavy (non-hydrogen) atoms. The van der Waals surface area contributed by atoms with Gasteiger partial charge < -0.3 is 15.2 Å².